The predicted molar refractivity (Wildman–Crippen MR) is 34.3 cm³/mol. The van der Waals surface area contributed by atoms with Gasteiger partial charge in [-0.1, -0.05) is 0 Å². The molecule has 0 unspecified atom stereocenters. The first kappa shape index (κ1) is 7.37. The van der Waals surface area contributed by atoms with Crippen molar-refractivity contribution in [3.63, 3.8) is 0 Å². The minimum absolute atomic E-state index is 0.346. The summed E-state index contributed by atoms with van der Waals surface area (Å²) in [6.07, 6.45) is 0. The first-order valence-corrected chi connectivity index (χ1v) is 2.74. The number of halogens is 2. The van der Waals surface area contributed by atoms with E-state index in [9.17, 15) is 9.59 Å². The van der Waals surface area contributed by atoms with E-state index in [2.05, 4.69) is 8.58 Å². The van der Waals surface area contributed by atoms with Crippen LogP contribution < -0.4 is 19.4 Å². The Kier molecular flexibility index (Phi) is 1.82. The molecule has 0 heterocycles. The van der Waals surface area contributed by atoms with Crippen LogP contribution in [0.15, 0.2) is 9.59 Å². The highest BCUT2D eigenvalue weighted by molar-refractivity contribution is 6.11. The molecule has 0 saturated carbocycles. The van der Waals surface area contributed by atoms with E-state index in [4.69, 9.17) is 23.7 Å². The Labute approximate surface area is 64.9 Å². The Bertz CT molecular complexity index is 279. The molecule has 1 rings (SSSR count). The largest absolute Gasteiger partial charge is 0.377 e. The minimum atomic E-state index is -0.828. The van der Waals surface area contributed by atoms with Crippen LogP contribution >= 0.6 is 23.7 Å². The molecule has 0 aliphatic carbocycles. The van der Waals surface area contributed by atoms with Crippen LogP contribution in [0.25, 0.3) is 0 Å². The molecule has 0 saturated heterocycles. The quantitative estimate of drug-likeness (QED) is 0.620. The number of hydrogen-bond acceptors (Lipinski definition) is 4. The van der Waals surface area contributed by atoms with E-state index < -0.39 is 10.9 Å². The molecule has 0 amide bonds. The van der Waals surface area contributed by atoms with Gasteiger partial charge in [0, 0.05) is 0 Å². The van der Waals surface area contributed by atoms with Gasteiger partial charge in [0.1, 0.15) is 23.7 Å². The molecule has 10 heavy (non-hydrogen) atoms. The van der Waals surface area contributed by atoms with Crippen LogP contribution in [0.2, 0.25) is 0 Å². The lowest BCUT2D eigenvalue weighted by Gasteiger charge is -2.00. The summed E-state index contributed by atoms with van der Waals surface area (Å²) in [5.41, 5.74) is -1.66. The zero-order valence-electron chi connectivity index (χ0n) is 4.39. The van der Waals surface area contributed by atoms with E-state index in [0.29, 0.717) is 0 Å². The fourth-order valence-corrected chi connectivity index (χ4v) is 0.770. The minimum Gasteiger partial charge on any atom is -0.377 e. The highest BCUT2D eigenvalue weighted by atomic mass is 35.5. The van der Waals surface area contributed by atoms with Crippen LogP contribution in [0, 0.1) is 0 Å². The van der Waals surface area contributed by atoms with Gasteiger partial charge in [-0.3, -0.25) is 9.59 Å². The van der Waals surface area contributed by atoms with Crippen molar-refractivity contribution in [3.05, 3.63) is 20.4 Å². The Morgan fingerprint density at radius 2 is 1.20 bits per heavy atom. The van der Waals surface area contributed by atoms with Crippen LogP contribution in [0.1, 0.15) is 0 Å². The monoisotopic (exact) mass is 182 g/mol. The lowest BCUT2D eigenvalue weighted by Crippen LogP contribution is -2.31. The number of rotatable bonds is 2. The van der Waals surface area contributed by atoms with E-state index in [0.717, 1.165) is 0 Å². The Morgan fingerprint density at radius 1 is 0.900 bits per heavy atom. The van der Waals surface area contributed by atoms with Gasteiger partial charge in [0.25, 0.3) is 10.9 Å². The summed E-state index contributed by atoms with van der Waals surface area (Å²) in [6.45, 7) is 0. The molecule has 0 bridgehead atoms. The molecule has 0 N–H and O–H groups in total. The summed E-state index contributed by atoms with van der Waals surface area (Å²) in [4.78, 5) is 20.8. The van der Waals surface area contributed by atoms with Crippen molar-refractivity contribution in [3.8, 4) is 11.5 Å². The van der Waals surface area contributed by atoms with Crippen molar-refractivity contribution in [2.45, 2.75) is 0 Å². The van der Waals surface area contributed by atoms with Gasteiger partial charge in [-0.05, 0) is 0 Å². The Hall–Kier alpha value is -0.740. The van der Waals surface area contributed by atoms with E-state index in [-0.39, 0.29) is 11.5 Å². The maximum absolute atomic E-state index is 10.4. The summed E-state index contributed by atoms with van der Waals surface area (Å²) >= 11 is 9.53. The third kappa shape index (κ3) is 0.767. The van der Waals surface area contributed by atoms with Crippen LogP contribution in [-0.4, -0.2) is 0 Å². The average Bonchev–Trinajstić information content (AvgIpc) is 1.97. The summed E-state index contributed by atoms with van der Waals surface area (Å²) < 4.78 is 7.89. The fourth-order valence-electron chi connectivity index (χ4n) is 0.490. The summed E-state index contributed by atoms with van der Waals surface area (Å²) in [5.74, 6) is -0.691. The van der Waals surface area contributed by atoms with Crippen molar-refractivity contribution < 1.29 is 8.58 Å². The summed E-state index contributed by atoms with van der Waals surface area (Å²) in [6, 6.07) is 0. The maximum atomic E-state index is 10.4. The molecule has 0 aliphatic heterocycles. The standard InChI is InChI=1S/C4Cl2O4/c5-9-3-1(7)2(8)4(3)10-6. The van der Waals surface area contributed by atoms with E-state index in [1.807, 2.05) is 0 Å². The van der Waals surface area contributed by atoms with Gasteiger partial charge in [0.05, 0.1) is 0 Å². The predicted octanol–water partition coefficient (Wildman–Crippen LogP) is 0.348. The Balaban J connectivity index is 3.16. The number of hydrogen-bond donors (Lipinski definition) is 0. The smallest absolute Gasteiger partial charge is 0.277 e. The third-order valence-electron chi connectivity index (χ3n) is 0.979. The van der Waals surface area contributed by atoms with E-state index in [1.54, 1.807) is 0 Å². The maximum Gasteiger partial charge on any atom is 0.277 e. The van der Waals surface area contributed by atoms with Crippen molar-refractivity contribution in [2.75, 3.05) is 0 Å². The van der Waals surface area contributed by atoms with Crippen LogP contribution in [0.4, 0.5) is 0 Å². The van der Waals surface area contributed by atoms with E-state index in [1.165, 1.54) is 0 Å². The van der Waals surface area contributed by atoms with Gasteiger partial charge in [0.2, 0.25) is 11.5 Å². The molecule has 0 radical (unpaired) electrons. The van der Waals surface area contributed by atoms with Crippen LogP contribution in [-0.2, 0) is 0 Å². The molecule has 54 valence electrons. The molecule has 0 aliphatic rings. The highest BCUT2D eigenvalue weighted by Crippen LogP contribution is 2.21. The van der Waals surface area contributed by atoms with Crippen LogP contribution in [0.3, 0.4) is 0 Å². The second kappa shape index (κ2) is 2.48. The van der Waals surface area contributed by atoms with Gasteiger partial charge in [0.15, 0.2) is 0 Å². The normalized spacial score (nSPS) is 9.80. The molecule has 1 aromatic rings. The van der Waals surface area contributed by atoms with Gasteiger partial charge in [-0.25, -0.2) is 0 Å². The third-order valence-corrected chi connectivity index (χ3v) is 1.29. The molecule has 0 atom stereocenters. The van der Waals surface area contributed by atoms with E-state index >= 15 is 0 Å². The van der Waals surface area contributed by atoms with Crippen LogP contribution in [0.5, 0.6) is 11.5 Å². The summed E-state index contributed by atoms with van der Waals surface area (Å²) in [7, 11) is 0. The molecule has 0 aromatic heterocycles. The molecular weight excluding hydrogens is 183 g/mol. The first-order valence-electron chi connectivity index (χ1n) is 2.13. The molecular formula is C4Cl2O4. The Morgan fingerprint density at radius 3 is 1.40 bits per heavy atom. The summed E-state index contributed by atoms with van der Waals surface area (Å²) in [5, 5.41) is 0. The van der Waals surface area contributed by atoms with Gasteiger partial charge in [-0.15, -0.1) is 0 Å². The van der Waals surface area contributed by atoms with Crippen molar-refractivity contribution >= 4 is 23.7 Å². The average molecular weight is 183 g/mol. The fraction of sp³-hybridized carbons (Fsp3) is 0. The van der Waals surface area contributed by atoms with Gasteiger partial charge >= 0.3 is 0 Å². The van der Waals surface area contributed by atoms with Crippen molar-refractivity contribution in [2.24, 2.45) is 0 Å². The van der Waals surface area contributed by atoms with Gasteiger partial charge in [-0.2, -0.15) is 0 Å². The SMILES string of the molecule is O=c1c(OCl)c(OCl)c1=O. The highest BCUT2D eigenvalue weighted by Gasteiger charge is 2.24. The zero-order chi connectivity index (χ0) is 7.72. The lowest BCUT2D eigenvalue weighted by molar-refractivity contribution is 0.519. The molecule has 6 heteroatoms. The molecule has 1 aromatic carbocycles. The topological polar surface area (TPSA) is 52.6 Å². The second-order valence-electron chi connectivity index (χ2n) is 1.47. The lowest BCUT2D eigenvalue weighted by atomic mass is 10.2. The molecule has 0 spiro atoms. The van der Waals surface area contributed by atoms with Crippen molar-refractivity contribution in [1.82, 2.24) is 0 Å². The van der Waals surface area contributed by atoms with Crippen molar-refractivity contribution in [1.29, 1.82) is 0 Å². The second-order valence-corrected chi connectivity index (χ2v) is 1.78. The molecule has 0 fully saturated rings. The van der Waals surface area contributed by atoms with Gasteiger partial charge < -0.3 is 8.58 Å². The first-order chi connectivity index (χ1) is 4.72. The molecule has 4 nitrogen and oxygen atoms in total. The zero-order valence-corrected chi connectivity index (χ0v) is 5.90.